The Morgan fingerprint density at radius 3 is 2.62 bits per heavy atom. The summed E-state index contributed by atoms with van der Waals surface area (Å²) in [6.07, 6.45) is 1.66. The number of carboxylic acids is 1. The first kappa shape index (κ1) is 16.8. The van der Waals surface area contributed by atoms with Crippen molar-refractivity contribution in [3.05, 3.63) is 23.8 Å². The Morgan fingerprint density at radius 1 is 1.38 bits per heavy atom. The Kier molecular flexibility index (Phi) is 6.48. The highest BCUT2D eigenvalue weighted by Crippen LogP contribution is 2.24. The molecule has 1 aromatic carbocycles. The van der Waals surface area contributed by atoms with Gasteiger partial charge in [0.05, 0.1) is 23.9 Å². The van der Waals surface area contributed by atoms with Crippen molar-refractivity contribution in [3.8, 4) is 5.75 Å². The number of carboxylic acid groups (broad SMARTS) is 1. The highest BCUT2D eigenvalue weighted by Gasteiger charge is 2.13. The molecule has 7 nitrogen and oxygen atoms in total. The van der Waals surface area contributed by atoms with Crippen molar-refractivity contribution in [3.63, 3.8) is 0 Å². The number of methoxy groups -OCH3 is 1. The van der Waals surface area contributed by atoms with Crippen LogP contribution in [0.4, 0.5) is 10.5 Å². The summed E-state index contributed by atoms with van der Waals surface area (Å²) < 4.78 is 5.02. The Balaban J connectivity index is 2.67. The number of hydrogen-bond donors (Lipinski definition) is 4. The highest BCUT2D eigenvalue weighted by molar-refractivity contribution is 5.93. The van der Waals surface area contributed by atoms with E-state index in [1.165, 1.54) is 12.1 Å². The summed E-state index contributed by atoms with van der Waals surface area (Å²) >= 11 is 0. The maximum Gasteiger partial charge on any atom is 0.335 e. The number of urea groups is 1. The number of nitrogens with one attached hydrogen (secondary N) is 2. The predicted molar refractivity (Wildman–Crippen MR) is 77.8 cm³/mol. The summed E-state index contributed by atoms with van der Waals surface area (Å²) in [4.78, 5) is 22.6. The smallest absolute Gasteiger partial charge is 0.335 e. The fraction of sp³-hybridized carbons (Fsp3) is 0.429. The Bertz CT molecular complexity index is 498. The quantitative estimate of drug-likeness (QED) is 0.576. The summed E-state index contributed by atoms with van der Waals surface area (Å²) in [5, 5.41) is 23.7. The molecular formula is C14H20N2O5. The normalized spacial score (nSPS) is 11.7. The minimum atomic E-state index is -1.15. The summed E-state index contributed by atoms with van der Waals surface area (Å²) in [5.74, 6) is -1.45. The molecule has 0 fully saturated rings. The van der Waals surface area contributed by atoms with Crippen LogP contribution < -0.4 is 10.6 Å². The van der Waals surface area contributed by atoms with Crippen LogP contribution in [0.15, 0.2) is 18.2 Å². The van der Waals surface area contributed by atoms with Crippen LogP contribution in [0.3, 0.4) is 0 Å². The van der Waals surface area contributed by atoms with Gasteiger partial charge in [-0.05, 0) is 24.6 Å². The zero-order valence-electron chi connectivity index (χ0n) is 12.0. The number of benzene rings is 1. The minimum absolute atomic E-state index is 0.0540. The molecule has 1 rings (SSSR count). The Labute approximate surface area is 122 Å². The number of carbonyl (C=O) groups excluding carboxylic acids is 1. The molecule has 116 valence electrons. The van der Waals surface area contributed by atoms with Crippen molar-refractivity contribution >= 4 is 17.7 Å². The molecule has 4 N–H and O–H groups in total. The number of amides is 2. The minimum Gasteiger partial charge on any atom is -0.506 e. The molecule has 0 aromatic heterocycles. The first-order chi connectivity index (χ1) is 9.97. The van der Waals surface area contributed by atoms with Crippen molar-refractivity contribution in [2.75, 3.05) is 19.0 Å². The van der Waals surface area contributed by atoms with E-state index >= 15 is 0 Å². The third-order valence-corrected chi connectivity index (χ3v) is 2.83. The van der Waals surface area contributed by atoms with Crippen molar-refractivity contribution < 1.29 is 24.5 Å². The van der Waals surface area contributed by atoms with Gasteiger partial charge in [0.2, 0.25) is 0 Å². The topological polar surface area (TPSA) is 108 Å². The molecule has 0 saturated carbocycles. The predicted octanol–water partition coefficient (Wildman–Crippen LogP) is 2.03. The van der Waals surface area contributed by atoms with Gasteiger partial charge in [0.1, 0.15) is 5.75 Å². The van der Waals surface area contributed by atoms with Crippen LogP contribution in [-0.4, -0.2) is 42.0 Å². The lowest BCUT2D eigenvalue weighted by Gasteiger charge is -2.18. The van der Waals surface area contributed by atoms with E-state index in [0.717, 1.165) is 18.9 Å². The first-order valence-electron chi connectivity index (χ1n) is 6.60. The van der Waals surface area contributed by atoms with Crippen molar-refractivity contribution in [2.24, 2.45) is 0 Å². The monoisotopic (exact) mass is 296 g/mol. The van der Waals surface area contributed by atoms with Crippen LogP contribution in [0.2, 0.25) is 0 Å². The van der Waals surface area contributed by atoms with E-state index in [-0.39, 0.29) is 23.0 Å². The van der Waals surface area contributed by atoms with E-state index in [0.29, 0.717) is 6.61 Å². The molecule has 0 aliphatic rings. The average Bonchev–Trinajstić information content (AvgIpc) is 2.41. The third-order valence-electron chi connectivity index (χ3n) is 2.83. The number of phenolic OH excluding ortho intramolecular Hbond substituents is 1. The SMILES string of the molecule is CCCC(COC)NC(=O)Nc1ccc(C(=O)O)cc1O. The van der Waals surface area contributed by atoms with Gasteiger partial charge in [-0.2, -0.15) is 0 Å². The van der Waals surface area contributed by atoms with Gasteiger partial charge in [0.25, 0.3) is 0 Å². The second kappa shape index (κ2) is 8.11. The molecule has 0 spiro atoms. The molecule has 7 heteroatoms. The van der Waals surface area contributed by atoms with Crippen molar-refractivity contribution in [1.82, 2.24) is 5.32 Å². The van der Waals surface area contributed by atoms with E-state index in [1.807, 2.05) is 6.92 Å². The van der Waals surface area contributed by atoms with Gasteiger partial charge in [0.15, 0.2) is 0 Å². The van der Waals surface area contributed by atoms with E-state index in [1.54, 1.807) is 7.11 Å². The summed E-state index contributed by atoms with van der Waals surface area (Å²) in [7, 11) is 1.55. The fourth-order valence-electron chi connectivity index (χ4n) is 1.86. The lowest BCUT2D eigenvalue weighted by molar-refractivity contribution is 0.0696. The number of ether oxygens (including phenoxy) is 1. The van der Waals surface area contributed by atoms with Gasteiger partial charge in [-0.25, -0.2) is 9.59 Å². The summed E-state index contributed by atoms with van der Waals surface area (Å²) in [5.41, 5.74) is 0.0897. The lowest BCUT2D eigenvalue weighted by Crippen LogP contribution is -2.40. The molecule has 0 aliphatic carbocycles. The Hall–Kier alpha value is -2.28. The Morgan fingerprint density at radius 2 is 2.10 bits per heavy atom. The summed E-state index contributed by atoms with van der Waals surface area (Å²) in [6, 6.07) is 3.11. The number of aromatic carboxylic acids is 1. The van der Waals surface area contributed by atoms with Crippen LogP contribution >= 0.6 is 0 Å². The standard InChI is InChI=1S/C14H20N2O5/c1-3-4-10(8-21-2)15-14(20)16-11-6-5-9(13(18)19)7-12(11)17/h5-7,10,17H,3-4,8H2,1-2H3,(H,18,19)(H2,15,16,20). The van der Waals surface area contributed by atoms with Crippen LogP contribution in [0, 0.1) is 0 Å². The second-order valence-corrected chi connectivity index (χ2v) is 4.58. The average molecular weight is 296 g/mol. The molecule has 1 aromatic rings. The van der Waals surface area contributed by atoms with Gasteiger partial charge in [-0.1, -0.05) is 13.3 Å². The van der Waals surface area contributed by atoms with E-state index < -0.39 is 12.0 Å². The van der Waals surface area contributed by atoms with Gasteiger partial charge >= 0.3 is 12.0 Å². The molecule has 0 aliphatic heterocycles. The molecule has 0 radical (unpaired) electrons. The second-order valence-electron chi connectivity index (χ2n) is 4.58. The molecule has 0 heterocycles. The van der Waals surface area contributed by atoms with Crippen molar-refractivity contribution in [2.45, 2.75) is 25.8 Å². The van der Waals surface area contributed by atoms with Gasteiger partial charge in [0, 0.05) is 7.11 Å². The first-order valence-corrected chi connectivity index (χ1v) is 6.60. The number of carbonyl (C=O) groups is 2. The number of rotatable bonds is 7. The zero-order chi connectivity index (χ0) is 15.8. The van der Waals surface area contributed by atoms with Crippen LogP contribution in [0.1, 0.15) is 30.1 Å². The van der Waals surface area contributed by atoms with Crippen molar-refractivity contribution in [1.29, 1.82) is 0 Å². The number of aromatic hydroxyl groups is 1. The van der Waals surface area contributed by atoms with Gasteiger partial charge in [-0.15, -0.1) is 0 Å². The fourth-order valence-corrected chi connectivity index (χ4v) is 1.86. The van der Waals surface area contributed by atoms with Crippen LogP contribution in [0.5, 0.6) is 5.75 Å². The molecule has 2 amide bonds. The van der Waals surface area contributed by atoms with Crippen LogP contribution in [0.25, 0.3) is 0 Å². The lowest BCUT2D eigenvalue weighted by atomic mass is 10.2. The van der Waals surface area contributed by atoms with Crippen LogP contribution in [-0.2, 0) is 4.74 Å². The maximum atomic E-state index is 11.8. The van der Waals surface area contributed by atoms with Gasteiger partial charge < -0.3 is 25.6 Å². The van der Waals surface area contributed by atoms with Gasteiger partial charge in [-0.3, -0.25) is 0 Å². The zero-order valence-corrected chi connectivity index (χ0v) is 12.0. The largest absolute Gasteiger partial charge is 0.506 e. The highest BCUT2D eigenvalue weighted by atomic mass is 16.5. The third kappa shape index (κ3) is 5.31. The molecule has 1 atom stereocenters. The maximum absolute atomic E-state index is 11.8. The molecule has 0 saturated heterocycles. The molecule has 1 unspecified atom stereocenters. The number of hydrogen-bond acceptors (Lipinski definition) is 4. The molecule has 21 heavy (non-hydrogen) atoms. The number of phenols is 1. The van der Waals surface area contributed by atoms with E-state index in [9.17, 15) is 14.7 Å². The molecule has 0 bridgehead atoms. The van der Waals surface area contributed by atoms with E-state index in [2.05, 4.69) is 10.6 Å². The molecular weight excluding hydrogens is 276 g/mol. The number of anilines is 1. The van der Waals surface area contributed by atoms with E-state index in [4.69, 9.17) is 9.84 Å². The summed E-state index contributed by atoms with van der Waals surface area (Å²) in [6.45, 7) is 2.39.